The minimum Gasteiger partial charge on any atom is -0.450 e. The number of aromatic nitrogens is 2. The van der Waals surface area contributed by atoms with Crippen molar-refractivity contribution < 1.29 is 9.21 Å². The number of benzene rings is 1. The molecule has 3 aromatic heterocycles. The average Bonchev–Trinajstić information content (AvgIpc) is 3.03. The van der Waals surface area contributed by atoms with Crippen LogP contribution in [0.1, 0.15) is 27.7 Å². The van der Waals surface area contributed by atoms with Gasteiger partial charge in [-0.05, 0) is 42.0 Å². The van der Waals surface area contributed by atoms with Gasteiger partial charge in [0, 0.05) is 23.6 Å². The van der Waals surface area contributed by atoms with E-state index >= 15 is 0 Å². The normalized spacial score (nSPS) is 15.8. The van der Waals surface area contributed by atoms with Crippen LogP contribution < -0.4 is 10.3 Å². The Bertz CT molecular complexity index is 1270. The maximum atomic E-state index is 13.3. The fraction of sp³-hybridized carbons (Fsp3) is 0.0476. The first kappa shape index (κ1) is 16.6. The molecule has 0 spiro atoms. The van der Waals surface area contributed by atoms with Crippen molar-refractivity contribution in [2.45, 2.75) is 6.04 Å². The van der Waals surface area contributed by atoms with Crippen LogP contribution in [-0.2, 0) is 0 Å². The first-order valence-corrected chi connectivity index (χ1v) is 8.94. The third-order valence-corrected chi connectivity index (χ3v) is 4.96. The van der Waals surface area contributed by atoms with Crippen LogP contribution in [0.25, 0.3) is 11.0 Å². The summed E-state index contributed by atoms with van der Waals surface area (Å²) in [6, 6.07) is 12.9. The van der Waals surface area contributed by atoms with E-state index in [1.165, 1.54) is 4.90 Å². The molecule has 0 fully saturated rings. The summed E-state index contributed by atoms with van der Waals surface area (Å²) in [6.07, 6.45) is 4.86. The molecule has 7 heteroatoms. The molecule has 0 unspecified atom stereocenters. The molecule has 0 radical (unpaired) electrons. The fourth-order valence-electron chi connectivity index (χ4n) is 3.53. The molecule has 4 heterocycles. The third-order valence-electron chi connectivity index (χ3n) is 4.73. The van der Waals surface area contributed by atoms with Crippen LogP contribution in [0.15, 0.2) is 76.3 Å². The van der Waals surface area contributed by atoms with E-state index in [4.69, 9.17) is 16.0 Å². The van der Waals surface area contributed by atoms with Gasteiger partial charge in [0.05, 0.1) is 17.0 Å². The van der Waals surface area contributed by atoms with Crippen molar-refractivity contribution in [3.8, 4) is 0 Å². The Morgan fingerprint density at radius 3 is 2.68 bits per heavy atom. The number of hydrogen-bond donors (Lipinski definition) is 0. The maximum Gasteiger partial charge on any atom is 0.296 e. The number of pyridine rings is 2. The van der Waals surface area contributed by atoms with Gasteiger partial charge in [0.1, 0.15) is 11.4 Å². The highest BCUT2D eigenvalue weighted by Gasteiger charge is 2.44. The molecule has 0 N–H and O–H groups in total. The average molecular weight is 390 g/mol. The number of rotatable bonds is 2. The second kappa shape index (κ2) is 6.28. The standard InChI is InChI=1S/C21H12ClN3O3/c22-13-6-7-15-14(10-13)19(26)17-18(12-4-3-8-23-11-12)25(21(27)20(17)28-15)16-5-1-2-9-24-16/h1-11,18H/t18-/m1/s1. The lowest BCUT2D eigenvalue weighted by atomic mass is 10.00. The summed E-state index contributed by atoms with van der Waals surface area (Å²) < 4.78 is 5.86. The highest BCUT2D eigenvalue weighted by Crippen LogP contribution is 2.40. The number of carbonyl (C=O) groups excluding carboxylic acids is 1. The molecule has 0 saturated heterocycles. The topological polar surface area (TPSA) is 76.3 Å². The van der Waals surface area contributed by atoms with Gasteiger partial charge in [-0.2, -0.15) is 0 Å². The number of halogens is 1. The number of amides is 1. The fourth-order valence-corrected chi connectivity index (χ4v) is 3.70. The first-order chi connectivity index (χ1) is 13.6. The van der Waals surface area contributed by atoms with Gasteiger partial charge in [0.15, 0.2) is 5.43 Å². The van der Waals surface area contributed by atoms with Crippen LogP contribution in [0.3, 0.4) is 0 Å². The number of nitrogens with zero attached hydrogens (tertiary/aromatic N) is 3. The van der Waals surface area contributed by atoms with Gasteiger partial charge in [-0.25, -0.2) is 4.98 Å². The smallest absolute Gasteiger partial charge is 0.296 e. The zero-order valence-electron chi connectivity index (χ0n) is 14.4. The molecule has 136 valence electrons. The Balaban J connectivity index is 1.84. The molecule has 5 rings (SSSR count). The Morgan fingerprint density at radius 2 is 1.93 bits per heavy atom. The molecule has 6 nitrogen and oxygen atoms in total. The van der Waals surface area contributed by atoms with Crippen LogP contribution in [0.4, 0.5) is 5.82 Å². The van der Waals surface area contributed by atoms with E-state index in [1.807, 2.05) is 6.07 Å². The summed E-state index contributed by atoms with van der Waals surface area (Å²) >= 11 is 6.07. The number of hydrogen-bond acceptors (Lipinski definition) is 5. The Labute approximate surface area is 164 Å². The minimum atomic E-state index is -0.689. The molecule has 0 saturated carbocycles. The lowest BCUT2D eigenvalue weighted by Crippen LogP contribution is -2.30. The van der Waals surface area contributed by atoms with Gasteiger partial charge in [0.2, 0.25) is 5.76 Å². The lowest BCUT2D eigenvalue weighted by Gasteiger charge is -2.23. The molecular formula is C21H12ClN3O3. The van der Waals surface area contributed by atoms with Gasteiger partial charge < -0.3 is 4.42 Å². The SMILES string of the molecule is O=C1c2oc3ccc(Cl)cc3c(=O)c2[C@@H](c2cccnc2)N1c1ccccn1. The van der Waals surface area contributed by atoms with Gasteiger partial charge in [-0.1, -0.05) is 23.7 Å². The number of carbonyl (C=O) groups is 1. The monoisotopic (exact) mass is 389 g/mol. The van der Waals surface area contributed by atoms with Gasteiger partial charge in [-0.15, -0.1) is 0 Å². The molecule has 1 amide bonds. The van der Waals surface area contributed by atoms with Crippen molar-refractivity contribution >= 4 is 34.3 Å². The summed E-state index contributed by atoms with van der Waals surface area (Å²) in [6.45, 7) is 0. The quantitative estimate of drug-likeness (QED) is 0.518. The lowest BCUT2D eigenvalue weighted by molar-refractivity contribution is 0.0970. The number of anilines is 1. The Kier molecular flexibility index (Phi) is 3.74. The predicted molar refractivity (Wildman–Crippen MR) is 105 cm³/mol. The van der Waals surface area contributed by atoms with Crippen LogP contribution in [0.2, 0.25) is 5.02 Å². The van der Waals surface area contributed by atoms with Gasteiger partial charge in [0.25, 0.3) is 5.91 Å². The molecule has 28 heavy (non-hydrogen) atoms. The minimum absolute atomic E-state index is 0.0133. The Hall–Kier alpha value is -3.51. The summed E-state index contributed by atoms with van der Waals surface area (Å²) in [5, 5.41) is 0.749. The highest BCUT2D eigenvalue weighted by molar-refractivity contribution is 6.31. The Morgan fingerprint density at radius 1 is 1.04 bits per heavy atom. The molecule has 4 aromatic rings. The van der Waals surface area contributed by atoms with Crippen molar-refractivity contribution in [1.82, 2.24) is 9.97 Å². The van der Waals surface area contributed by atoms with E-state index in [9.17, 15) is 9.59 Å². The maximum absolute atomic E-state index is 13.3. The van der Waals surface area contributed by atoms with Crippen LogP contribution in [0.5, 0.6) is 0 Å². The third kappa shape index (κ3) is 2.42. The van der Waals surface area contributed by atoms with Crippen LogP contribution >= 0.6 is 11.6 Å². The van der Waals surface area contributed by atoms with Crippen molar-refractivity contribution in [3.05, 3.63) is 99.3 Å². The molecule has 1 aliphatic heterocycles. The van der Waals surface area contributed by atoms with E-state index < -0.39 is 11.9 Å². The van der Waals surface area contributed by atoms with Crippen molar-refractivity contribution in [2.24, 2.45) is 0 Å². The molecular weight excluding hydrogens is 378 g/mol. The molecule has 0 bridgehead atoms. The van der Waals surface area contributed by atoms with Crippen molar-refractivity contribution in [3.63, 3.8) is 0 Å². The molecule has 1 atom stereocenters. The predicted octanol–water partition coefficient (Wildman–Crippen LogP) is 3.99. The summed E-state index contributed by atoms with van der Waals surface area (Å²) in [4.78, 5) is 36.5. The first-order valence-electron chi connectivity index (χ1n) is 8.56. The zero-order valence-corrected chi connectivity index (χ0v) is 15.1. The number of fused-ring (bicyclic) bond motifs is 2. The van der Waals surface area contributed by atoms with Crippen molar-refractivity contribution in [2.75, 3.05) is 4.90 Å². The summed E-state index contributed by atoms with van der Waals surface area (Å²) in [5.41, 5.74) is 0.973. The van der Waals surface area contributed by atoms with E-state index in [0.717, 1.165) is 0 Å². The summed E-state index contributed by atoms with van der Waals surface area (Å²) in [5.74, 6) is 0.0186. The second-order valence-corrected chi connectivity index (χ2v) is 6.80. The van der Waals surface area contributed by atoms with E-state index in [2.05, 4.69) is 9.97 Å². The molecule has 1 aliphatic rings. The van der Waals surface area contributed by atoms with E-state index in [-0.39, 0.29) is 16.8 Å². The van der Waals surface area contributed by atoms with Crippen LogP contribution in [0, 0.1) is 0 Å². The second-order valence-electron chi connectivity index (χ2n) is 6.37. The molecule has 1 aromatic carbocycles. The van der Waals surface area contributed by atoms with Gasteiger partial charge in [-0.3, -0.25) is 19.5 Å². The summed E-state index contributed by atoms with van der Waals surface area (Å²) in [7, 11) is 0. The van der Waals surface area contributed by atoms with Crippen molar-refractivity contribution in [1.29, 1.82) is 0 Å². The largest absolute Gasteiger partial charge is 0.450 e. The van der Waals surface area contributed by atoms with E-state index in [0.29, 0.717) is 27.4 Å². The zero-order chi connectivity index (χ0) is 19.3. The van der Waals surface area contributed by atoms with E-state index in [1.54, 1.807) is 61.1 Å². The molecule has 0 aliphatic carbocycles. The highest BCUT2D eigenvalue weighted by atomic mass is 35.5. The van der Waals surface area contributed by atoms with Crippen LogP contribution in [-0.4, -0.2) is 15.9 Å². The van der Waals surface area contributed by atoms with Gasteiger partial charge >= 0.3 is 0 Å².